The van der Waals surface area contributed by atoms with Crippen LogP contribution in [0.3, 0.4) is 0 Å². The molecule has 2 atom stereocenters. The van der Waals surface area contributed by atoms with Crippen LogP contribution >= 0.6 is 0 Å². The van der Waals surface area contributed by atoms with Crippen molar-refractivity contribution in [3.05, 3.63) is 0 Å². The van der Waals surface area contributed by atoms with E-state index in [-0.39, 0.29) is 0 Å². The molecular formula is C13H24N2O. The molecule has 3 heteroatoms. The number of nitrogens with two attached hydrogens (primary N) is 1. The van der Waals surface area contributed by atoms with Gasteiger partial charge in [0, 0.05) is 25.0 Å². The van der Waals surface area contributed by atoms with Gasteiger partial charge in [-0.3, -0.25) is 4.79 Å². The highest BCUT2D eigenvalue weighted by molar-refractivity contribution is 5.79. The van der Waals surface area contributed by atoms with Gasteiger partial charge >= 0.3 is 0 Å². The fourth-order valence-corrected chi connectivity index (χ4v) is 3.29. The van der Waals surface area contributed by atoms with Crippen molar-refractivity contribution in [3.63, 3.8) is 0 Å². The summed E-state index contributed by atoms with van der Waals surface area (Å²) < 4.78 is 0. The number of piperidine rings is 1. The zero-order valence-corrected chi connectivity index (χ0v) is 10.3. The smallest absolute Gasteiger partial charge is 0.225 e. The van der Waals surface area contributed by atoms with Crippen molar-refractivity contribution in [1.82, 2.24) is 4.90 Å². The second kappa shape index (κ2) is 5.17. The molecule has 92 valence electrons. The predicted molar refractivity (Wildman–Crippen MR) is 64.9 cm³/mol. The Morgan fingerprint density at radius 3 is 2.56 bits per heavy atom. The van der Waals surface area contributed by atoms with Gasteiger partial charge in [0.1, 0.15) is 0 Å². The van der Waals surface area contributed by atoms with Crippen molar-refractivity contribution in [1.29, 1.82) is 0 Å². The Labute approximate surface area is 98.4 Å². The van der Waals surface area contributed by atoms with Gasteiger partial charge in [0.15, 0.2) is 0 Å². The fourth-order valence-electron chi connectivity index (χ4n) is 3.29. The van der Waals surface area contributed by atoms with Gasteiger partial charge in [-0.25, -0.2) is 0 Å². The van der Waals surface area contributed by atoms with E-state index in [4.69, 9.17) is 5.73 Å². The average Bonchev–Trinajstić information content (AvgIpc) is 2.81. The Bertz CT molecular complexity index is 248. The van der Waals surface area contributed by atoms with Crippen molar-refractivity contribution in [3.8, 4) is 0 Å². The molecule has 0 bridgehead atoms. The van der Waals surface area contributed by atoms with Crippen molar-refractivity contribution in [2.24, 2.45) is 17.6 Å². The minimum Gasteiger partial charge on any atom is -0.338 e. The van der Waals surface area contributed by atoms with Gasteiger partial charge in [-0.1, -0.05) is 19.8 Å². The lowest BCUT2D eigenvalue weighted by Gasteiger charge is -2.40. The molecule has 1 aliphatic carbocycles. The number of likely N-dealkylation sites (tertiary alicyclic amines) is 1. The molecule has 1 saturated carbocycles. The topological polar surface area (TPSA) is 46.3 Å². The first kappa shape index (κ1) is 11.9. The highest BCUT2D eigenvalue weighted by atomic mass is 16.2. The number of hydrogen-bond donors (Lipinski definition) is 1. The van der Waals surface area contributed by atoms with Gasteiger partial charge in [0.2, 0.25) is 5.91 Å². The molecule has 2 fully saturated rings. The van der Waals surface area contributed by atoms with E-state index >= 15 is 0 Å². The van der Waals surface area contributed by atoms with E-state index < -0.39 is 0 Å². The molecule has 0 radical (unpaired) electrons. The SMILES string of the molecule is C[C@H]1CCCN(C(=O)C2CCCC2)[C@@H]1CN. The number of carbonyl (C=O) groups is 1. The van der Waals surface area contributed by atoms with Crippen molar-refractivity contribution in [2.75, 3.05) is 13.1 Å². The Kier molecular flexibility index (Phi) is 3.85. The van der Waals surface area contributed by atoms with Crippen LogP contribution in [0.5, 0.6) is 0 Å². The molecule has 3 nitrogen and oxygen atoms in total. The first-order valence-corrected chi connectivity index (χ1v) is 6.74. The van der Waals surface area contributed by atoms with Crippen LogP contribution in [0.4, 0.5) is 0 Å². The van der Waals surface area contributed by atoms with Crippen molar-refractivity contribution < 1.29 is 4.79 Å². The maximum Gasteiger partial charge on any atom is 0.225 e. The molecule has 1 saturated heterocycles. The lowest BCUT2D eigenvalue weighted by molar-refractivity contribution is -0.140. The second-order valence-electron chi connectivity index (χ2n) is 5.44. The first-order valence-electron chi connectivity index (χ1n) is 6.74. The monoisotopic (exact) mass is 224 g/mol. The second-order valence-corrected chi connectivity index (χ2v) is 5.44. The molecule has 1 heterocycles. The first-order chi connectivity index (χ1) is 7.74. The standard InChI is InChI=1S/C13H24N2O/c1-10-5-4-8-15(12(10)9-14)13(16)11-6-2-3-7-11/h10-12H,2-9,14H2,1H3/t10-,12+/m0/s1. The van der Waals surface area contributed by atoms with Crippen LogP contribution in [0.15, 0.2) is 0 Å². The predicted octanol–water partition coefficient (Wildman–Crippen LogP) is 1.76. The van der Waals surface area contributed by atoms with Gasteiger partial charge in [-0.2, -0.15) is 0 Å². The van der Waals surface area contributed by atoms with Crippen LogP contribution in [0.2, 0.25) is 0 Å². The lowest BCUT2D eigenvalue weighted by atomic mass is 9.89. The van der Waals surface area contributed by atoms with Gasteiger partial charge in [-0.15, -0.1) is 0 Å². The number of hydrogen-bond acceptors (Lipinski definition) is 2. The fraction of sp³-hybridized carbons (Fsp3) is 0.923. The summed E-state index contributed by atoms with van der Waals surface area (Å²) in [7, 11) is 0. The van der Waals surface area contributed by atoms with E-state index in [0.717, 1.165) is 25.8 Å². The Morgan fingerprint density at radius 2 is 1.94 bits per heavy atom. The summed E-state index contributed by atoms with van der Waals surface area (Å²) in [6.45, 7) is 3.78. The van der Waals surface area contributed by atoms with Crippen LogP contribution < -0.4 is 5.73 Å². The summed E-state index contributed by atoms with van der Waals surface area (Å²) >= 11 is 0. The molecule has 0 spiro atoms. The molecule has 0 unspecified atom stereocenters. The Hall–Kier alpha value is -0.570. The zero-order chi connectivity index (χ0) is 11.5. The summed E-state index contributed by atoms with van der Waals surface area (Å²) in [5.74, 6) is 1.27. The van der Waals surface area contributed by atoms with Gasteiger partial charge in [0.25, 0.3) is 0 Å². The van der Waals surface area contributed by atoms with E-state index in [0.29, 0.717) is 30.3 Å². The van der Waals surface area contributed by atoms with Crippen molar-refractivity contribution in [2.45, 2.75) is 51.5 Å². The Morgan fingerprint density at radius 1 is 1.25 bits per heavy atom. The number of amides is 1. The third-order valence-corrected chi connectivity index (χ3v) is 4.34. The van der Waals surface area contributed by atoms with E-state index in [1.54, 1.807) is 0 Å². The van der Waals surface area contributed by atoms with E-state index in [1.165, 1.54) is 19.3 Å². The molecule has 1 aliphatic heterocycles. The lowest BCUT2D eigenvalue weighted by Crippen LogP contribution is -2.52. The van der Waals surface area contributed by atoms with Crippen LogP contribution in [0.1, 0.15) is 45.4 Å². The highest BCUT2D eigenvalue weighted by Gasteiger charge is 2.35. The maximum atomic E-state index is 12.4. The van der Waals surface area contributed by atoms with Crippen LogP contribution in [-0.2, 0) is 4.79 Å². The molecule has 0 aromatic heterocycles. The van der Waals surface area contributed by atoms with Crippen LogP contribution in [0, 0.1) is 11.8 Å². The minimum atomic E-state index is 0.293. The molecule has 0 aromatic carbocycles. The third kappa shape index (κ3) is 2.24. The summed E-state index contributed by atoms with van der Waals surface area (Å²) in [4.78, 5) is 14.5. The van der Waals surface area contributed by atoms with Gasteiger partial charge in [0.05, 0.1) is 0 Å². The molecule has 2 N–H and O–H groups in total. The van der Waals surface area contributed by atoms with E-state index in [2.05, 4.69) is 11.8 Å². The summed E-state index contributed by atoms with van der Waals surface area (Å²) in [5.41, 5.74) is 5.83. The summed E-state index contributed by atoms with van der Waals surface area (Å²) in [6.07, 6.45) is 7.02. The van der Waals surface area contributed by atoms with Gasteiger partial charge < -0.3 is 10.6 Å². The number of carbonyl (C=O) groups excluding carboxylic acids is 1. The molecular weight excluding hydrogens is 200 g/mol. The summed E-state index contributed by atoms with van der Waals surface area (Å²) in [5, 5.41) is 0. The number of nitrogens with zero attached hydrogens (tertiary/aromatic N) is 1. The van der Waals surface area contributed by atoms with Gasteiger partial charge in [-0.05, 0) is 31.6 Å². The van der Waals surface area contributed by atoms with Crippen molar-refractivity contribution >= 4 is 5.91 Å². The molecule has 2 aliphatic rings. The minimum absolute atomic E-state index is 0.293. The van der Waals surface area contributed by atoms with E-state index in [1.807, 2.05) is 0 Å². The highest BCUT2D eigenvalue weighted by Crippen LogP contribution is 2.30. The molecule has 1 amide bonds. The van der Waals surface area contributed by atoms with E-state index in [9.17, 15) is 4.79 Å². The molecule has 2 rings (SSSR count). The van der Waals surface area contributed by atoms with Crippen LogP contribution in [0.25, 0.3) is 0 Å². The normalized spacial score (nSPS) is 32.0. The number of rotatable bonds is 2. The quantitative estimate of drug-likeness (QED) is 0.777. The summed E-state index contributed by atoms with van der Waals surface area (Å²) in [6, 6.07) is 0.293. The zero-order valence-electron chi connectivity index (χ0n) is 10.3. The average molecular weight is 224 g/mol. The Balaban J connectivity index is 2.02. The van der Waals surface area contributed by atoms with Crippen LogP contribution in [-0.4, -0.2) is 29.9 Å². The molecule has 0 aromatic rings. The third-order valence-electron chi connectivity index (χ3n) is 4.34. The largest absolute Gasteiger partial charge is 0.338 e. The maximum absolute atomic E-state index is 12.4. The molecule has 16 heavy (non-hydrogen) atoms.